The largest absolute Gasteiger partial charge is 0.505 e. The number of nitrogens with zero attached hydrogens (tertiary/aromatic N) is 1. The van der Waals surface area contributed by atoms with Crippen molar-refractivity contribution in [1.29, 1.82) is 0 Å². The fourth-order valence-corrected chi connectivity index (χ4v) is 5.50. The summed E-state index contributed by atoms with van der Waals surface area (Å²) in [7, 11) is -3.67. The van der Waals surface area contributed by atoms with Gasteiger partial charge >= 0.3 is 5.63 Å². The third-order valence-electron chi connectivity index (χ3n) is 5.72. The van der Waals surface area contributed by atoms with Gasteiger partial charge < -0.3 is 14.1 Å². The maximum Gasteiger partial charge on any atom is 0.354 e. The summed E-state index contributed by atoms with van der Waals surface area (Å²) in [6, 6.07) is 14.7. The van der Waals surface area contributed by atoms with Gasteiger partial charge in [0.25, 0.3) is 5.56 Å². The number of hydrogen-bond donors (Lipinski definition) is 1. The Morgan fingerprint density at radius 3 is 2.38 bits per heavy atom. The number of aromatic nitrogens is 1. The summed E-state index contributed by atoms with van der Waals surface area (Å²) in [6.45, 7) is -0.0469. The molecule has 5 rings (SSSR count). The van der Waals surface area contributed by atoms with E-state index in [1.54, 1.807) is 0 Å². The molecule has 0 unspecified atom stereocenters. The number of benzene rings is 3. The van der Waals surface area contributed by atoms with Crippen molar-refractivity contribution >= 4 is 43.5 Å². The van der Waals surface area contributed by atoms with E-state index in [0.29, 0.717) is 5.56 Å². The summed E-state index contributed by atoms with van der Waals surface area (Å²) in [5.41, 5.74) is -1.20. The van der Waals surface area contributed by atoms with E-state index in [1.165, 1.54) is 65.2 Å². The Morgan fingerprint density at radius 2 is 1.70 bits per heavy atom. The van der Waals surface area contributed by atoms with E-state index < -0.39 is 38.4 Å². The second-order valence-corrected chi connectivity index (χ2v) is 11.4. The lowest BCUT2D eigenvalue weighted by atomic mass is 10.1. The molecule has 0 fully saturated rings. The summed E-state index contributed by atoms with van der Waals surface area (Å²) in [5, 5.41) is 10.9. The standard InChI is InChI=1S/C26H17F2NO6S2/c1-37(33,34)18-9-10-20-19(12-18)23-21(25(31)29(20)13-14-5-7-15(27)8-6-14)22(30)24(26(32)35-23)36-17-4-2-3-16(28)11-17/h2-12,30H,13H2,1H3. The maximum absolute atomic E-state index is 13.7. The highest BCUT2D eigenvalue weighted by Gasteiger charge is 2.23. The highest BCUT2D eigenvalue weighted by atomic mass is 32.2. The predicted octanol–water partition coefficient (Wildman–Crippen LogP) is 4.69. The van der Waals surface area contributed by atoms with E-state index in [2.05, 4.69) is 0 Å². The van der Waals surface area contributed by atoms with Gasteiger partial charge in [-0.3, -0.25) is 4.79 Å². The summed E-state index contributed by atoms with van der Waals surface area (Å²) >= 11 is 0.721. The zero-order valence-electron chi connectivity index (χ0n) is 19.1. The van der Waals surface area contributed by atoms with Crippen molar-refractivity contribution in [2.24, 2.45) is 0 Å². The highest BCUT2D eigenvalue weighted by molar-refractivity contribution is 7.99. The van der Waals surface area contributed by atoms with Gasteiger partial charge in [-0.15, -0.1) is 0 Å². The molecule has 0 bridgehead atoms. The molecule has 0 amide bonds. The molecule has 188 valence electrons. The Morgan fingerprint density at radius 1 is 0.973 bits per heavy atom. The third-order valence-corrected chi connectivity index (χ3v) is 7.88. The number of rotatable bonds is 5. The first-order chi connectivity index (χ1) is 17.5. The molecule has 11 heteroatoms. The van der Waals surface area contributed by atoms with Gasteiger partial charge in [0.05, 0.1) is 17.0 Å². The van der Waals surface area contributed by atoms with Gasteiger partial charge in [-0.25, -0.2) is 22.0 Å². The van der Waals surface area contributed by atoms with Crippen LogP contribution < -0.4 is 11.2 Å². The normalized spacial score (nSPS) is 11.9. The maximum atomic E-state index is 13.7. The molecule has 2 aromatic heterocycles. The van der Waals surface area contributed by atoms with Crippen LogP contribution >= 0.6 is 11.8 Å². The minimum absolute atomic E-state index is 0.0469. The SMILES string of the molecule is CS(=O)(=O)c1ccc2c(c1)c1oc(=O)c(Sc3cccc(F)c3)c(O)c1c(=O)n2Cc1ccc(F)cc1. The van der Waals surface area contributed by atoms with E-state index in [-0.39, 0.29) is 43.1 Å². The lowest BCUT2D eigenvalue weighted by Gasteiger charge is -2.15. The van der Waals surface area contributed by atoms with Crippen molar-refractivity contribution < 1.29 is 26.7 Å². The Balaban J connectivity index is 1.84. The fraction of sp³-hybridized carbons (Fsp3) is 0.0769. The zero-order chi connectivity index (χ0) is 26.5. The van der Waals surface area contributed by atoms with E-state index in [4.69, 9.17) is 4.42 Å². The molecule has 3 aromatic carbocycles. The van der Waals surface area contributed by atoms with Crippen LogP contribution in [0.1, 0.15) is 5.56 Å². The first-order valence-corrected chi connectivity index (χ1v) is 13.5. The Kier molecular flexibility index (Phi) is 6.12. The monoisotopic (exact) mass is 541 g/mol. The van der Waals surface area contributed by atoms with Crippen LogP contribution in [-0.2, 0) is 16.4 Å². The molecule has 0 spiro atoms. The fourth-order valence-electron chi connectivity index (χ4n) is 3.97. The Labute approximate surface area is 212 Å². The van der Waals surface area contributed by atoms with E-state index >= 15 is 0 Å². The van der Waals surface area contributed by atoms with Crippen molar-refractivity contribution in [3.8, 4) is 5.75 Å². The second kappa shape index (κ2) is 9.16. The molecule has 0 aliphatic heterocycles. The molecular formula is C26H17F2NO6S2. The van der Waals surface area contributed by atoms with Gasteiger partial charge in [0.2, 0.25) is 0 Å². The van der Waals surface area contributed by atoms with Crippen molar-refractivity contribution in [1.82, 2.24) is 4.57 Å². The van der Waals surface area contributed by atoms with Gasteiger partial charge in [0, 0.05) is 16.5 Å². The second-order valence-electron chi connectivity index (χ2n) is 8.30. The first-order valence-electron chi connectivity index (χ1n) is 10.8. The molecule has 0 aliphatic rings. The molecule has 0 saturated carbocycles. The average Bonchev–Trinajstić information content (AvgIpc) is 2.84. The molecule has 7 nitrogen and oxygen atoms in total. The van der Waals surface area contributed by atoms with Crippen LogP contribution in [-0.4, -0.2) is 24.3 Å². The van der Waals surface area contributed by atoms with Crippen LogP contribution in [0.4, 0.5) is 8.78 Å². The molecular weight excluding hydrogens is 524 g/mol. The van der Waals surface area contributed by atoms with Crippen LogP contribution in [0.2, 0.25) is 0 Å². The first kappa shape index (κ1) is 24.7. The minimum atomic E-state index is -3.67. The van der Waals surface area contributed by atoms with Crippen LogP contribution in [0.3, 0.4) is 0 Å². The van der Waals surface area contributed by atoms with Crippen molar-refractivity contribution in [3.05, 3.63) is 105 Å². The number of fused-ring (bicyclic) bond motifs is 3. The lowest BCUT2D eigenvalue weighted by Crippen LogP contribution is -2.23. The van der Waals surface area contributed by atoms with Gasteiger partial charge in [-0.05, 0) is 54.1 Å². The molecule has 37 heavy (non-hydrogen) atoms. The average molecular weight is 542 g/mol. The summed E-state index contributed by atoms with van der Waals surface area (Å²) in [5.74, 6) is -1.70. The van der Waals surface area contributed by atoms with Crippen molar-refractivity contribution in [2.75, 3.05) is 6.26 Å². The summed E-state index contributed by atoms with van der Waals surface area (Å²) in [4.78, 5) is 26.4. The van der Waals surface area contributed by atoms with Gasteiger partial charge in [0.1, 0.15) is 21.9 Å². The molecule has 0 atom stereocenters. The summed E-state index contributed by atoms with van der Waals surface area (Å²) < 4.78 is 58.3. The lowest BCUT2D eigenvalue weighted by molar-refractivity contribution is 0.446. The number of halogens is 2. The third kappa shape index (κ3) is 4.63. The number of hydrogen-bond acceptors (Lipinski definition) is 7. The van der Waals surface area contributed by atoms with Crippen molar-refractivity contribution in [2.45, 2.75) is 21.2 Å². The number of sulfone groups is 1. The van der Waals surface area contributed by atoms with Crippen LogP contribution in [0.25, 0.3) is 21.9 Å². The highest BCUT2D eigenvalue weighted by Crippen LogP contribution is 2.37. The molecule has 5 aromatic rings. The van der Waals surface area contributed by atoms with E-state index in [0.717, 1.165) is 24.1 Å². The summed E-state index contributed by atoms with van der Waals surface area (Å²) in [6.07, 6.45) is 1.01. The van der Waals surface area contributed by atoms with Crippen molar-refractivity contribution in [3.63, 3.8) is 0 Å². The Hall–Kier alpha value is -3.96. The Bertz CT molecular complexity index is 1930. The molecule has 0 saturated heterocycles. The van der Waals surface area contributed by atoms with Gasteiger partial charge in [-0.2, -0.15) is 0 Å². The topological polar surface area (TPSA) is 107 Å². The molecule has 0 radical (unpaired) electrons. The minimum Gasteiger partial charge on any atom is -0.505 e. The van der Waals surface area contributed by atoms with Gasteiger partial charge in [-0.1, -0.05) is 30.0 Å². The van der Waals surface area contributed by atoms with E-state index in [9.17, 15) is 31.9 Å². The smallest absolute Gasteiger partial charge is 0.354 e. The van der Waals surface area contributed by atoms with Crippen LogP contribution in [0.5, 0.6) is 5.75 Å². The predicted molar refractivity (Wildman–Crippen MR) is 135 cm³/mol. The number of pyridine rings is 1. The van der Waals surface area contributed by atoms with Crippen LogP contribution in [0.15, 0.2) is 95.4 Å². The molecule has 0 aliphatic carbocycles. The van der Waals surface area contributed by atoms with Crippen LogP contribution in [0, 0.1) is 11.6 Å². The van der Waals surface area contributed by atoms with E-state index in [1.807, 2.05) is 0 Å². The van der Waals surface area contributed by atoms with Gasteiger partial charge in [0.15, 0.2) is 21.2 Å². The zero-order valence-corrected chi connectivity index (χ0v) is 20.7. The molecule has 1 N–H and O–H groups in total. The quantitative estimate of drug-likeness (QED) is 0.322. The molecule has 2 heterocycles. The number of aromatic hydroxyl groups is 1.